The van der Waals surface area contributed by atoms with Crippen molar-refractivity contribution in [3.63, 3.8) is 0 Å². The zero-order valence-corrected chi connectivity index (χ0v) is 12.0. The second-order valence-electron chi connectivity index (χ2n) is 5.06. The van der Waals surface area contributed by atoms with Gasteiger partial charge in [0.1, 0.15) is 0 Å². The predicted molar refractivity (Wildman–Crippen MR) is 75.1 cm³/mol. The quantitative estimate of drug-likeness (QED) is 0.605. The monoisotopic (exact) mass is 248 g/mol. The highest BCUT2D eigenvalue weighted by Crippen LogP contribution is 2.07. The topological polar surface area (TPSA) is 26.3 Å². The first-order valence-corrected chi connectivity index (χ1v) is 9.27. The highest BCUT2D eigenvalue weighted by atomic mass is 28.3. The molecule has 0 aliphatic carbocycles. The number of ether oxygens (including phenoxy) is 1. The largest absolute Gasteiger partial charge is 0.469 e. The van der Waals surface area contributed by atoms with E-state index in [-0.39, 0.29) is 5.97 Å². The molecule has 1 aromatic carbocycles. The first kappa shape index (κ1) is 13.7. The van der Waals surface area contributed by atoms with Gasteiger partial charge in [-0.25, -0.2) is 0 Å². The van der Waals surface area contributed by atoms with Crippen molar-refractivity contribution in [1.82, 2.24) is 0 Å². The average molecular weight is 248 g/mol. The van der Waals surface area contributed by atoms with Gasteiger partial charge in [-0.2, -0.15) is 0 Å². The van der Waals surface area contributed by atoms with Gasteiger partial charge in [0.15, 0.2) is 0 Å². The third-order valence-corrected chi connectivity index (χ3v) is 4.62. The minimum Gasteiger partial charge on any atom is -0.469 e. The van der Waals surface area contributed by atoms with Crippen molar-refractivity contribution >= 4 is 25.3 Å². The number of benzene rings is 1. The predicted octanol–water partition coefficient (Wildman–Crippen LogP) is 2.81. The summed E-state index contributed by atoms with van der Waals surface area (Å²) >= 11 is 0. The molecule has 0 bridgehead atoms. The Bertz CT molecular complexity index is 416. The van der Waals surface area contributed by atoms with Gasteiger partial charge in [-0.05, 0) is 5.56 Å². The zero-order valence-electron chi connectivity index (χ0n) is 11.0. The molecule has 0 N–H and O–H groups in total. The molecule has 17 heavy (non-hydrogen) atoms. The van der Waals surface area contributed by atoms with Crippen LogP contribution in [0, 0.1) is 0 Å². The van der Waals surface area contributed by atoms with Crippen molar-refractivity contribution in [3.8, 4) is 0 Å². The van der Waals surface area contributed by atoms with Crippen LogP contribution in [-0.2, 0) is 9.53 Å². The van der Waals surface area contributed by atoms with E-state index in [0.29, 0.717) is 6.42 Å². The van der Waals surface area contributed by atoms with Crippen LogP contribution in [0.15, 0.2) is 30.3 Å². The lowest BCUT2D eigenvalue weighted by atomic mass is 10.2. The van der Waals surface area contributed by atoms with Crippen LogP contribution in [-0.4, -0.2) is 21.2 Å². The maximum atomic E-state index is 11.0. The smallest absolute Gasteiger partial charge is 0.309 e. The van der Waals surface area contributed by atoms with E-state index >= 15 is 0 Å². The van der Waals surface area contributed by atoms with E-state index in [9.17, 15) is 4.79 Å². The summed E-state index contributed by atoms with van der Waals surface area (Å²) in [5, 5.41) is 1.43. The fourth-order valence-corrected chi connectivity index (χ4v) is 2.68. The standard InChI is InChI=1S/C14H20O2Si/c1-16-14(15)10-6-8-12-7-5-9-13(11-12)17(2,3)4/h5-9,11H,10H2,1-4H3. The molecule has 0 aromatic heterocycles. The molecule has 0 atom stereocenters. The molecule has 0 radical (unpaired) electrons. The van der Waals surface area contributed by atoms with Gasteiger partial charge in [0.2, 0.25) is 0 Å². The van der Waals surface area contributed by atoms with Crippen LogP contribution in [0.3, 0.4) is 0 Å². The molecule has 0 saturated heterocycles. The van der Waals surface area contributed by atoms with Gasteiger partial charge in [0, 0.05) is 0 Å². The molecule has 0 spiro atoms. The Morgan fingerprint density at radius 1 is 1.35 bits per heavy atom. The fraction of sp³-hybridized carbons (Fsp3) is 0.357. The van der Waals surface area contributed by atoms with E-state index in [4.69, 9.17) is 0 Å². The molecule has 2 nitrogen and oxygen atoms in total. The Hall–Kier alpha value is -1.35. The second kappa shape index (κ2) is 5.82. The van der Waals surface area contributed by atoms with E-state index in [1.165, 1.54) is 12.3 Å². The van der Waals surface area contributed by atoms with Gasteiger partial charge in [0.25, 0.3) is 0 Å². The summed E-state index contributed by atoms with van der Waals surface area (Å²) in [7, 11) is 0.147. The fourth-order valence-electron chi connectivity index (χ4n) is 1.48. The summed E-state index contributed by atoms with van der Waals surface area (Å²) in [4.78, 5) is 11.0. The van der Waals surface area contributed by atoms with E-state index in [0.717, 1.165) is 5.56 Å². The van der Waals surface area contributed by atoms with Gasteiger partial charge in [-0.3, -0.25) is 4.79 Å². The third kappa shape index (κ3) is 4.57. The highest BCUT2D eigenvalue weighted by Gasteiger charge is 2.15. The lowest BCUT2D eigenvalue weighted by Gasteiger charge is -2.16. The van der Waals surface area contributed by atoms with E-state index < -0.39 is 8.07 Å². The molecule has 0 saturated carbocycles. The molecule has 0 fully saturated rings. The van der Waals surface area contributed by atoms with Gasteiger partial charge in [0.05, 0.1) is 21.6 Å². The van der Waals surface area contributed by atoms with Crippen molar-refractivity contribution in [2.45, 2.75) is 26.1 Å². The maximum Gasteiger partial charge on any atom is 0.309 e. The van der Waals surface area contributed by atoms with Crippen LogP contribution < -0.4 is 5.19 Å². The number of hydrogen-bond acceptors (Lipinski definition) is 2. The van der Waals surface area contributed by atoms with Gasteiger partial charge in [-0.1, -0.05) is 61.2 Å². The van der Waals surface area contributed by atoms with Crippen molar-refractivity contribution in [2.75, 3.05) is 7.11 Å². The van der Waals surface area contributed by atoms with Crippen molar-refractivity contribution in [2.24, 2.45) is 0 Å². The van der Waals surface area contributed by atoms with Crippen LogP contribution >= 0.6 is 0 Å². The molecular weight excluding hydrogens is 228 g/mol. The van der Waals surface area contributed by atoms with E-state index in [1.54, 1.807) is 0 Å². The number of carbonyl (C=O) groups excluding carboxylic acids is 1. The van der Waals surface area contributed by atoms with Crippen LogP contribution in [0.5, 0.6) is 0 Å². The Morgan fingerprint density at radius 3 is 2.65 bits per heavy atom. The third-order valence-electron chi connectivity index (χ3n) is 2.58. The summed E-state index contributed by atoms with van der Waals surface area (Å²) in [6.07, 6.45) is 4.14. The molecule has 1 aromatic rings. The van der Waals surface area contributed by atoms with E-state index in [2.05, 4.69) is 48.6 Å². The summed E-state index contributed by atoms with van der Waals surface area (Å²) < 4.78 is 4.58. The van der Waals surface area contributed by atoms with Crippen LogP contribution in [0.2, 0.25) is 19.6 Å². The second-order valence-corrected chi connectivity index (χ2v) is 10.1. The lowest BCUT2D eigenvalue weighted by Crippen LogP contribution is -2.37. The van der Waals surface area contributed by atoms with Crippen LogP contribution in [0.1, 0.15) is 12.0 Å². The molecule has 1 rings (SSSR count). The van der Waals surface area contributed by atoms with Crippen molar-refractivity contribution < 1.29 is 9.53 Å². The summed E-state index contributed by atoms with van der Waals surface area (Å²) in [5.41, 5.74) is 1.15. The number of hydrogen-bond donors (Lipinski definition) is 0. The average Bonchev–Trinajstić information content (AvgIpc) is 2.28. The van der Waals surface area contributed by atoms with Crippen molar-refractivity contribution in [3.05, 3.63) is 35.9 Å². The Labute approximate surface area is 104 Å². The minimum absolute atomic E-state index is 0.206. The molecule has 0 unspecified atom stereocenters. The molecule has 3 heteroatoms. The molecular formula is C14H20O2Si. The van der Waals surface area contributed by atoms with E-state index in [1.807, 2.05) is 12.2 Å². The van der Waals surface area contributed by atoms with Gasteiger partial charge < -0.3 is 4.74 Å². The number of esters is 1. The van der Waals surface area contributed by atoms with Gasteiger partial charge >= 0.3 is 5.97 Å². The minimum atomic E-state index is -1.26. The van der Waals surface area contributed by atoms with Crippen LogP contribution in [0.25, 0.3) is 6.08 Å². The number of rotatable bonds is 4. The van der Waals surface area contributed by atoms with Crippen molar-refractivity contribution in [1.29, 1.82) is 0 Å². The SMILES string of the molecule is COC(=O)CC=Cc1cccc([Si](C)(C)C)c1. The Morgan fingerprint density at radius 2 is 2.06 bits per heavy atom. The highest BCUT2D eigenvalue weighted by molar-refractivity contribution is 6.88. The Balaban J connectivity index is 2.76. The summed E-state index contributed by atoms with van der Waals surface area (Å²) in [6.45, 7) is 6.97. The molecule has 0 heterocycles. The van der Waals surface area contributed by atoms with Gasteiger partial charge in [-0.15, -0.1) is 0 Å². The summed E-state index contributed by atoms with van der Waals surface area (Å²) in [6, 6.07) is 8.52. The number of methoxy groups -OCH3 is 1. The molecule has 92 valence electrons. The molecule has 0 aliphatic rings. The Kier molecular flexibility index (Phi) is 4.69. The first-order chi connectivity index (χ1) is 7.93. The first-order valence-electron chi connectivity index (χ1n) is 5.77. The normalized spacial score (nSPS) is 11.8. The molecule has 0 amide bonds. The maximum absolute atomic E-state index is 11.0. The van der Waals surface area contributed by atoms with Crippen LogP contribution in [0.4, 0.5) is 0 Å². The zero-order chi connectivity index (χ0) is 12.9. The number of carbonyl (C=O) groups is 1. The lowest BCUT2D eigenvalue weighted by molar-refractivity contribution is -0.139. The molecule has 0 aliphatic heterocycles. The summed E-state index contributed by atoms with van der Waals surface area (Å²) in [5.74, 6) is -0.206.